The lowest BCUT2D eigenvalue weighted by Crippen LogP contribution is -2.54. The van der Waals surface area contributed by atoms with Crippen molar-refractivity contribution < 1.29 is 52.8 Å². The first-order valence-electron chi connectivity index (χ1n) is 25.7. The fourth-order valence-corrected chi connectivity index (χ4v) is 7.81. The van der Waals surface area contributed by atoms with Gasteiger partial charge in [0.1, 0.15) is 17.9 Å². The molecule has 1 heterocycles. The van der Waals surface area contributed by atoms with Crippen LogP contribution in [0.5, 0.6) is 0 Å². The van der Waals surface area contributed by atoms with E-state index in [0.717, 1.165) is 47.3 Å². The molecular formula is C54H76N10O11. The molecule has 0 radical (unpaired) electrons. The Bertz CT molecular complexity index is 2420. The van der Waals surface area contributed by atoms with Crippen LogP contribution in [-0.2, 0) is 42.9 Å². The van der Waals surface area contributed by atoms with Gasteiger partial charge >= 0.3 is 5.97 Å². The maximum atomic E-state index is 13.9. The van der Waals surface area contributed by atoms with Crippen molar-refractivity contribution in [3.63, 3.8) is 0 Å². The third kappa shape index (κ3) is 23.6. The number of carbonyl (C=O) groups is 5. The number of hydrogen-bond acceptors (Lipinski definition) is 14. The predicted molar refractivity (Wildman–Crippen MR) is 286 cm³/mol. The van der Waals surface area contributed by atoms with E-state index in [2.05, 4.69) is 46.9 Å². The van der Waals surface area contributed by atoms with Crippen molar-refractivity contribution in [3.8, 4) is 11.1 Å². The number of benzene rings is 3. The van der Waals surface area contributed by atoms with Crippen molar-refractivity contribution in [2.75, 3.05) is 104 Å². The van der Waals surface area contributed by atoms with Crippen LogP contribution < -0.4 is 31.9 Å². The number of rotatable bonds is 39. The first-order valence-corrected chi connectivity index (χ1v) is 25.7. The second kappa shape index (κ2) is 35.5. The Labute approximate surface area is 439 Å². The number of nitrogens with one attached hydrogen (secondary N) is 6. The van der Waals surface area contributed by atoms with Gasteiger partial charge in [-0.3, -0.25) is 24.0 Å². The lowest BCUT2D eigenvalue weighted by molar-refractivity contribution is -0.137. The number of amides is 4. The highest BCUT2D eigenvalue weighted by Gasteiger charge is 2.27. The molecule has 0 saturated carbocycles. The zero-order valence-electron chi connectivity index (χ0n) is 43.8. The van der Waals surface area contributed by atoms with Crippen molar-refractivity contribution >= 4 is 46.2 Å². The highest BCUT2D eigenvalue weighted by molar-refractivity contribution is 6.11. The molecule has 0 aliphatic heterocycles. The standard InChI is InChI=1S/C54H76N10O11/c1-5-46(54(70)63-48(34-38(2)3)53(69)59-22-24-71-26-28-73-30-32-75-33-31-74-29-27-72-25-23-60-64-55)62-52(68)45-17-16-42(43-10-6-7-11-44(43)45)40-12-14-41(15-13-40)47(36-51(66)67)61-50(65)37-56-19-8-9-20-57-49-35-39(4)18-21-58-49/h6-7,10-18,21,35,38,46-48,56H,5,8-9,19-20,22-34,36-37H2,1-4H3,(H,57,58)(H,59,69)(H,61,65)(H,62,68)(H,63,70)(H,66,67)/t46-,47-,48-/m0/s1. The first kappa shape index (κ1) is 60.8. The van der Waals surface area contributed by atoms with Crippen LogP contribution in [0.25, 0.3) is 32.3 Å². The molecule has 21 nitrogen and oxygen atoms in total. The maximum absolute atomic E-state index is 13.9. The highest BCUT2D eigenvalue weighted by atomic mass is 16.6. The molecule has 0 bridgehead atoms. The number of carbonyl (C=O) groups excluding carboxylic acids is 4. The average Bonchev–Trinajstić information content (AvgIpc) is 3.39. The van der Waals surface area contributed by atoms with Crippen molar-refractivity contribution in [2.45, 2.75) is 77.9 Å². The SMILES string of the molecule is CC[C@H](NC(=O)c1ccc(-c2ccc([C@H](CC(=O)O)NC(=O)CNCCCCNc3cc(C)ccn3)cc2)c2ccccc12)C(=O)N[C@@H](CC(C)C)C(=O)NCCOCCOCCOCCOCCOCCN=[N+]=[N-]. The van der Waals surface area contributed by atoms with Gasteiger partial charge in [0.25, 0.3) is 5.91 Å². The zero-order valence-corrected chi connectivity index (χ0v) is 43.8. The van der Waals surface area contributed by atoms with Gasteiger partial charge in [-0.15, -0.1) is 0 Å². The number of carboxylic acid groups (broad SMARTS) is 1. The molecule has 4 aromatic rings. The summed E-state index contributed by atoms with van der Waals surface area (Å²) in [6, 6.07) is 19.7. The fourth-order valence-electron chi connectivity index (χ4n) is 7.81. The summed E-state index contributed by atoms with van der Waals surface area (Å²) in [6.07, 6.45) is 3.84. The largest absolute Gasteiger partial charge is 0.481 e. The predicted octanol–water partition coefficient (Wildman–Crippen LogP) is 5.87. The molecule has 4 amide bonds. The van der Waals surface area contributed by atoms with Gasteiger partial charge in [0.2, 0.25) is 17.7 Å². The number of anilines is 1. The number of unbranched alkanes of at least 4 members (excludes halogenated alkanes) is 1. The topological polar surface area (TPSA) is 286 Å². The van der Waals surface area contributed by atoms with E-state index in [0.29, 0.717) is 88.9 Å². The van der Waals surface area contributed by atoms with E-state index < -0.39 is 35.9 Å². The van der Waals surface area contributed by atoms with Gasteiger partial charge in [0, 0.05) is 36.3 Å². The van der Waals surface area contributed by atoms with Crippen LogP contribution in [-0.4, -0.2) is 151 Å². The monoisotopic (exact) mass is 1040 g/mol. The third-order valence-corrected chi connectivity index (χ3v) is 11.6. The van der Waals surface area contributed by atoms with Crippen LogP contribution in [0.4, 0.5) is 5.82 Å². The Hall–Kier alpha value is -6.71. The van der Waals surface area contributed by atoms with Crippen LogP contribution in [0, 0.1) is 12.8 Å². The number of azide groups is 1. The van der Waals surface area contributed by atoms with Gasteiger partial charge < -0.3 is 60.7 Å². The van der Waals surface area contributed by atoms with E-state index in [1.807, 2.05) is 75.4 Å². The molecule has 0 saturated heterocycles. The number of fused-ring (bicyclic) bond motifs is 1. The normalized spacial score (nSPS) is 12.3. The van der Waals surface area contributed by atoms with Crippen LogP contribution >= 0.6 is 0 Å². The number of pyridine rings is 1. The molecule has 0 fully saturated rings. The minimum Gasteiger partial charge on any atom is -0.481 e. The summed E-state index contributed by atoms with van der Waals surface area (Å²) < 4.78 is 27.3. The number of carboxylic acids is 1. The van der Waals surface area contributed by atoms with Crippen molar-refractivity contribution in [1.82, 2.24) is 31.6 Å². The summed E-state index contributed by atoms with van der Waals surface area (Å²) >= 11 is 0. The van der Waals surface area contributed by atoms with Crippen molar-refractivity contribution in [3.05, 3.63) is 106 Å². The number of hydrogen-bond donors (Lipinski definition) is 7. The van der Waals surface area contributed by atoms with Gasteiger partial charge in [-0.1, -0.05) is 80.5 Å². The molecule has 3 aromatic carbocycles. The van der Waals surface area contributed by atoms with E-state index in [9.17, 15) is 29.1 Å². The second-order valence-corrected chi connectivity index (χ2v) is 18.0. The number of aliphatic carboxylic acids is 1. The van der Waals surface area contributed by atoms with E-state index >= 15 is 0 Å². The molecule has 0 unspecified atom stereocenters. The van der Waals surface area contributed by atoms with E-state index in [-0.39, 0.29) is 56.8 Å². The number of aryl methyl sites for hydroxylation is 1. The van der Waals surface area contributed by atoms with Crippen molar-refractivity contribution in [2.24, 2.45) is 11.0 Å². The quantitative estimate of drug-likeness (QED) is 0.0119. The van der Waals surface area contributed by atoms with E-state index in [1.54, 1.807) is 31.3 Å². The molecule has 7 N–H and O–H groups in total. The van der Waals surface area contributed by atoms with Gasteiger partial charge in [-0.05, 0) is 102 Å². The summed E-state index contributed by atoms with van der Waals surface area (Å²) in [7, 11) is 0. The molecule has 75 heavy (non-hydrogen) atoms. The van der Waals surface area contributed by atoms with Gasteiger partial charge in [0.05, 0.1) is 85.1 Å². The van der Waals surface area contributed by atoms with Crippen molar-refractivity contribution in [1.29, 1.82) is 0 Å². The molecule has 1 aromatic heterocycles. The Kier molecular flexibility index (Phi) is 28.8. The lowest BCUT2D eigenvalue weighted by atomic mass is 9.93. The minimum absolute atomic E-state index is 0.0444. The smallest absolute Gasteiger partial charge is 0.305 e. The maximum Gasteiger partial charge on any atom is 0.305 e. The van der Waals surface area contributed by atoms with Crippen LogP contribution in [0.2, 0.25) is 0 Å². The van der Waals surface area contributed by atoms with Crippen LogP contribution in [0.3, 0.4) is 0 Å². The van der Waals surface area contributed by atoms with E-state index in [4.69, 9.17) is 29.2 Å². The Morgan fingerprint density at radius 2 is 1.36 bits per heavy atom. The summed E-state index contributed by atoms with van der Waals surface area (Å²) in [5.41, 5.74) is 12.0. The molecule has 3 atom stereocenters. The first-order chi connectivity index (χ1) is 36.4. The third-order valence-electron chi connectivity index (χ3n) is 11.6. The van der Waals surface area contributed by atoms with Gasteiger partial charge in [-0.2, -0.15) is 0 Å². The fraction of sp³-hybridized carbons (Fsp3) is 0.519. The Morgan fingerprint density at radius 3 is 1.99 bits per heavy atom. The summed E-state index contributed by atoms with van der Waals surface area (Å²) in [6.45, 7) is 13.3. The molecule has 0 spiro atoms. The molecule has 4 rings (SSSR count). The molecule has 0 aliphatic rings. The van der Waals surface area contributed by atoms with Crippen LogP contribution in [0.15, 0.2) is 84.1 Å². The molecule has 21 heteroatoms. The lowest BCUT2D eigenvalue weighted by Gasteiger charge is -2.24. The average molecular weight is 1040 g/mol. The summed E-state index contributed by atoms with van der Waals surface area (Å²) in [5.74, 6) is -1.74. The Balaban J connectivity index is 1.22. The minimum atomic E-state index is -1.05. The van der Waals surface area contributed by atoms with Crippen LogP contribution in [0.1, 0.15) is 80.4 Å². The van der Waals surface area contributed by atoms with Gasteiger partial charge in [0.15, 0.2) is 0 Å². The summed E-state index contributed by atoms with van der Waals surface area (Å²) in [4.78, 5) is 72.7. The van der Waals surface area contributed by atoms with Gasteiger partial charge in [-0.25, -0.2) is 4.98 Å². The summed E-state index contributed by atoms with van der Waals surface area (Å²) in [5, 5.41) is 32.4. The highest BCUT2D eigenvalue weighted by Crippen LogP contribution is 2.32. The van der Waals surface area contributed by atoms with E-state index in [1.165, 1.54) is 0 Å². The zero-order chi connectivity index (χ0) is 54.0. The Morgan fingerprint density at radius 1 is 0.720 bits per heavy atom. The second-order valence-electron chi connectivity index (χ2n) is 18.0. The number of ether oxygens (including phenoxy) is 5. The molecule has 0 aliphatic carbocycles. The number of nitrogens with zero attached hydrogens (tertiary/aromatic N) is 4. The number of aromatic nitrogens is 1. The molecular weight excluding hydrogens is 965 g/mol. The molecule has 408 valence electrons.